The molecule has 0 spiro atoms. The van der Waals surface area contributed by atoms with E-state index in [4.69, 9.17) is 10.00 Å². The average molecular weight is 234 g/mol. The van der Waals surface area contributed by atoms with Gasteiger partial charge in [0.25, 0.3) is 0 Å². The van der Waals surface area contributed by atoms with Crippen molar-refractivity contribution in [2.45, 2.75) is 26.8 Å². The molecule has 0 aliphatic carbocycles. The Kier molecular flexibility index (Phi) is 4.85. The van der Waals surface area contributed by atoms with E-state index in [1.807, 2.05) is 6.92 Å². The summed E-state index contributed by atoms with van der Waals surface area (Å²) in [5.41, 5.74) is 0.500. The second kappa shape index (κ2) is 6.16. The average Bonchev–Trinajstić information content (AvgIpc) is 2.29. The molecule has 0 fully saturated rings. The molecule has 5 nitrogen and oxygen atoms in total. The number of nitriles is 1. The maximum atomic E-state index is 9.08. The van der Waals surface area contributed by atoms with Gasteiger partial charge in [-0.05, 0) is 20.8 Å². The van der Waals surface area contributed by atoms with Gasteiger partial charge in [-0.15, -0.1) is 0 Å². The minimum absolute atomic E-state index is 0.256. The number of anilines is 1. The number of ether oxygens (including phenoxy) is 1. The van der Waals surface area contributed by atoms with Crippen molar-refractivity contribution in [3.05, 3.63) is 17.6 Å². The van der Waals surface area contributed by atoms with E-state index in [2.05, 4.69) is 34.8 Å². The molecule has 0 unspecified atom stereocenters. The van der Waals surface area contributed by atoms with Gasteiger partial charge in [-0.3, -0.25) is 0 Å². The second-order valence-corrected chi connectivity index (χ2v) is 4.05. The third-order valence-corrected chi connectivity index (χ3v) is 2.44. The summed E-state index contributed by atoms with van der Waals surface area (Å²) in [7, 11) is 1.66. The zero-order valence-electron chi connectivity index (χ0n) is 10.8. The first-order valence-electron chi connectivity index (χ1n) is 5.59. The number of hydrogen-bond donors (Lipinski definition) is 0. The van der Waals surface area contributed by atoms with Gasteiger partial charge in [-0.1, -0.05) is 0 Å². The molecule has 0 aliphatic rings. The summed E-state index contributed by atoms with van der Waals surface area (Å²) in [6, 6.07) is 2.38. The molecule has 17 heavy (non-hydrogen) atoms. The highest BCUT2D eigenvalue weighted by Crippen LogP contribution is 2.18. The normalized spacial score (nSPS) is 10.4. The Morgan fingerprint density at radius 1 is 1.53 bits per heavy atom. The van der Waals surface area contributed by atoms with Crippen molar-refractivity contribution in [2.75, 3.05) is 25.2 Å². The highest BCUT2D eigenvalue weighted by molar-refractivity contribution is 5.53. The van der Waals surface area contributed by atoms with E-state index in [0.29, 0.717) is 30.4 Å². The van der Waals surface area contributed by atoms with E-state index in [1.165, 1.54) is 0 Å². The maximum Gasteiger partial charge on any atom is 0.150 e. The Bertz CT molecular complexity index is 411. The Balaban J connectivity index is 3.08. The Labute approximate surface area is 102 Å². The SMILES string of the molecule is COCCN(c1nc(C)ncc1C#N)C(C)C. The van der Waals surface area contributed by atoms with Gasteiger partial charge >= 0.3 is 0 Å². The van der Waals surface area contributed by atoms with Crippen LogP contribution in [-0.2, 0) is 4.74 Å². The van der Waals surface area contributed by atoms with E-state index < -0.39 is 0 Å². The number of methoxy groups -OCH3 is 1. The van der Waals surface area contributed by atoms with Crippen molar-refractivity contribution in [1.29, 1.82) is 5.26 Å². The number of aromatic nitrogens is 2. The lowest BCUT2D eigenvalue weighted by Gasteiger charge is -2.28. The lowest BCUT2D eigenvalue weighted by Crippen LogP contribution is -2.35. The quantitative estimate of drug-likeness (QED) is 0.773. The first-order valence-corrected chi connectivity index (χ1v) is 5.59. The van der Waals surface area contributed by atoms with Crippen LogP contribution in [0.5, 0.6) is 0 Å². The summed E-state index contributed by atoms with van der Waals surface area (Å²) in [5, 5.41) is 9.08. The fourth-order valence-electron chi connectivity index (χ4n) is 1.55. The summed E-state index contributed by atoms with van der Waals surface area (Å²) in [6.45, 7) is 7.26. The van der Waals surface area contributed by atoms with Gasteiger partial charge in [0.1, 0.15) is 17.5 Å². The minimum atomic E-state index is 0.256. The Morgan fingerprint density at radius 2 is 2.24 bits per heavy atom. The van der Waals surface area contributed by atoms with Crippen molar-refractivity contribution in [1.82, 2.24) is 9.97 Å². The molecule has 0 saturated carbocycles. The third-order valence-electron chi connectivity index (χ3n) is 2.44. The lowest BCUT2D eigenvalue weighted by atomic mass is 10.2. The largest absolute Gasteiger partial charge is 0.383 e. The minimum Gasteiger partial charge on any atom is -0.383 e. The summed E-state index contributed by atoms with van der Waals surface area (Å²) in [5.74, 6) is 1.36. The first kappa shape index (κ1) is 13.4. The highest BCUT2D eigenvalue weighted by Gasteiger charge is 2.16. The van der Waals surface area contributed by atoms with Crippen molar-refractivity contribution in [2.24, 2.45) is 0 Å². The summed E-state index contributed by atoms with van der Waals surface area (Å²) < 4.78 is 5.08. The second-order valence-electron chi connectivity index (χ2n) is 4.05. The molecule has 0 amide bonds. The summed E-state index contributed by atoms with van der Waals surface area (Å²) >= 11 is 0. The van der Waals surface area contributed by atoms with Crippen LogP contribution in [0.3, 0.4) is 0 Å². The molecule has 0 aromatic carbocycles. The molecule has 92 valence electrons. The van der Waals surface area contributed by atoms with Crippen LogP contribution in [0.4, 0.5) is 5.82 Å². The van der Waals surface area contributed by atoms with E-state index in [9.17, 15) is 0 Å². The predicted octanol–water partition coefficient (Wildman–Crippen LogP) is 1.52. The predicted molar refractivity (Wildman–Crippen MR) is 65.8 cm³/mol. The topological polar surface area (TPSA) is 62.0 Å². The molecule has 1 aromatic rings. The van der Waals surface area contributed by atoms with Crippen molar-refractivity contribution < 1.29 is 4.74 Å². The van der Waals surface area contributed by atoms with Crippen LogP contribution in [0.15, 0.2) is 6.20 Å². The van der Waals surface area contributed by atoms with Crippen LogP contribution in [0.25, 0.3) is 0 Å². The zero-order valence-corrected chi connectivity index (χ0v) is 10.8. The molecule has 1 rings (SSSR count). The van der Waals surface area contributed by atoms with E-state index >= 15 is 0 Å². The van der Waals surface area contributed by atoms with E-state index in [1.54, 1.807) is 13.3 Å². The zero-order chi connectivity index (χ0) is 12.8. The molecule has 0 radical (unpaired) electrons. The smallest absolute Gasteiger partial charge is 0.150 e. The van der Waals surface area contributed by atoms with Crippen molar-refractivity contribution >= 4 is 5.82 Å². The van der Waals surface area contributed by atoms with Crippen LogP contribution in [0.2, 0.25) is 0 Å². The molecule has 0 N–H and O–H groups in total. The molecule has 5 heteroatoms. The van der Waals surface area contributed by atoms with E-state index in [-0.39, 0.29) is 6.04 Å². The standard InChI is InChI=1S/C12H18N4O/c1-9(2)16(5-6-17-4)12-11(7-13)8-14-10(3)15-12/h8-9H,5-6H2,1-4H3. The van der Waals surface area contributed by atoms with Gasteiger partial charge in [0.15, 0.2) is 5.82 Å². The maximum absolute atomic E-state index is 9.08. The number of nitrogens with zero attached hydrogens (tertiary/aromatic N) is 4. The van der Waals surface area contributed by atoms with Crippen molar-refractivity contribution in [3.8, 4) is 6.07 Å². The third kappa shape index (κ3) is 3.40. The molecule has 0 bridgehead atoms. The van der Waals surface area contributed by atoms with Gasteiger partial charge < -0.3 is 9.64 Å². The lowest BCUT2D eigenvalue weighted by molar-refractivity contribution is 0.203. The van der Waals surface area contributed by atoms with Crippen LogP contribution >= 0.6 is 0 Å². The van der Waals surface area contributed by atoms with Crippen LogP contribution in [0, 0.1) is 18.3 Å². The fourth-order valence-corrected chi connectivity index (χ4v) is 1.55. The molecule has 1 aromatic heterocycles. The van der Waals surface area contributed by atoms with Crippen LogP contribution < -0.4 is 4.90 Å². The molecule has 1 heterocycles. The fraction of sp³-hybridized carbons (Fsp3) is 0.583. The molecular formula is C12H18N4O. The first-order chi connectivity index (χ1) is 8.10. The molecular weight excluding hydrogens is 216 g/mol. The van der Waals surface area contributed by atoms with Gasteiger partial charge in [-0.2, -0.15) is 5.26 Å². The number of hydrogen-bond acceptors (Lipinski definition) is 5. The number of rotatable bonds is 5. The molecule has 0 atom stereocenters. The van der Waals surface area contributed by atoms with Crippen LogP contribution in [-0.4, -0.2) is 36.3 Å². The van der Waals surface area contributed by atoms with Gasteiger partial charge in [0.2, 0.25) is 0 Å². The van der Waals surface area contributed by atoms with Crippen molar-refractivity contribution in [3.63, 3.8) is 0 Å². The Morgan fingerprint density at radius 3 is 2.76 bits per heavy atom. The van der Waals surface area contributed by atoms with Gasteiger partial charge in [-0.25, -0.2) is 9.97 Å². The number of aryl methyl sites for hydroxylation is 1. The summed E-state index contributed by atoms with van der Waals surface area (Å²) in [6.07, 6.45) is 1.57. The van der Waals surface area contributed by atoms with E-state index in [0.717, 1.165) is 0 Å². The summed E-state index contributed by atoms with van der Waals surface area (Å²) in [4.78, 5) is 10.4. The Hall–Kier alpha value is -1.67. The highest BCUT2D eigenvalue weighted by atomic mass is 16.5. The van der Waals surface area contributed by atoms with Gasteiger partial charge in [0, 0.05) is 19.7 Å². The van der Waals surface area contributed by atoms with Gasteiger partial charge in [0.05, 0.1) is 12.8 Å². The molecule has 0 saturated heterocycles. The van der Waals surface area contributed by atoms with Crippen LogP contribution in [0.1, 0.15) is 25.2 Å². The molecule has 0 aliphatic heterocycles. The monoisotopic (exact) mass is 234 g/mol.